The molecule has 0 unspecified atom stereocenters. The van der Waals surface area contributed by atoms with E-state index in [-0.39, 0.29) is 12.1 Å². The summed E-state index contributed by atoms with van der Waals surface area (Å²) in [5.41, 5.74) is 0.248. The van der Waals surface area contributed by atoms with Crippen LogP contribution in [0, 0.1) is 13.8 Å². The Bertz CT molecular complexity index is 824. The largest absolute Gasteiger partial charge is 0.494 e. The fourth-order valence-electron chi connectivity index (χ4n) is 2.43. The van der Waals surface area contributed by atoms with Crippen molar-refractivity contribution in [3.8, 4) is 5.75 Å². The number of carbonyl (C=O) groups is 1. The third-order valence-electron chi connectivity index (χ3n) is 3.88. The van der Waals surface area contributed by atoms with E-state index < -0.39 is 11.5 Å². The molecule has 0 aliphatic rings. The lowest BCUT2D eigenvalue weighted by Crippen LogP contribution is -2.45. The number of benzene rings is 1. The predicted molar refractivity (Wildman–Crippen MR) is 97.0 cm³/mol. The summed E-state index contributed by atoms with van der Waals surface area (Å²) in [4.78, 5) is 24.4. The van der Waals surface area contributed by atoms with Gasteiger partial charge < -0.3 is 19.7 Å². The van der Waals surface area contributed by atoms with Crippen LogP contribution in [-0.2, 0) is 11.3 Å². The molecule has 2 N–H and O–H groups in total. The molecule has 0 saturated heterocycles. The molecule has 134 valence electrons. The molecule has 0 aliphatic carbocycles. The van der Waals surface area contributed by atoms with Crippen molar-refractivity contribution in [2.45, 2.75) is 39.8 Å². The molecule has 0 fully saturated rings. The van der Waals surface area contributed by atoms with Gasteiger partial charge in [-0.05, 0) is 63.1 Å². The molecule has 1 heterocycles. The second kappa shape index (κ2) is 7.53. The first-order chi connectivity index (χ1) is 11.7. The molecule has 1 amide bonds. The van der Waals surface area contributed by atoms with Crippen LogP contribution in [-0.4, -0.2) is 27.8 Å². The number of amides is 1. The van der Waals surface area contributed by atoms with Gasteiger partial charge in [0.25, 0.3) is 11.5 Å². The number of hydrogen-bond donors (Lipinski definition) is 2. The van der Waals surface area contributed by atoms with E-state index in [4.69, 9.17) is 4.74 Å². The van der Waals surface area contributed by atoms with Crippen molar-refractivity contribution in [3.05, 3.63) is 58.0 Å². The molecule has 1 aromatic carbocycles. The third kappa shape index (κ3) is 4.70. The average Bonchev–Trinajstić information content (AvgIpc) is 2.53. The molecular formula is C19H24N2O4. The van der Waals surface area contributed by atoms with Crippen LogP contribution in [0.3, 0.4) is 0 Å². The highest BCUT2D eigenvalue weighted by Crippen LogP contribution is 2.22. The minimum Gasteiger partial charge on any atom is -0.494 e. The van der Waals surface area contributed by atoms with Crippen LogP contribution in [0.1, 0.15) is 25.0 Å². The molecule has 6 nitrogen and oxygen atoms in total. The Kier molecular flexibility index (Phi) is 5.64. The number of rotatable bonds is 6. The zero-order valence-electron chi connectivity index (χ0n) is 15.0. The molecule has 0 radical (unpaired) electrons. The highest BCUT2D eigenvalue weighted by atomic mass is 16.5. The molecule has 1 atom stereocenters. The lowest BCUT2D eigenvalue weighted by atomic mass is 10.1. The molecule has 1 aromatic heterocycles. The van der Waals surface area contributed by atoms with E-state index in [0.29, 0.717) is 12.3 Å². The number of carbonyl (C=O) groups excluding carboxylic acids is 1. The zero-order valence-corrected chi connectivity index (χ0v) is 15.0. The van der Waals surface area contributed by atoms with Gasteiger partial charge in [-0.15, -0.1) is 0 Å². The number of aliphatic hydroxyl groups is 1. The summed E-state index contributed by atoms with van der Waals surface area (Å²) in [7, 11) is 0. The summed E-state index contributed by atoms with van der Waals surface area (Å²) in [6, 6.07) is 8.52. The normalized spacial score (nSPS) is 13.2. The predicted octanol–water partition coefficient (Wildman–Crippen LogP) is 2.25. The number of nitrogens with one attached hydrogen (secondary N) is 1. The van der Waals surface area contributed by atoms with Crippen LogP contribution in [0.15, 0.2) is 41.3 Å². The van der Waals surface area contributed by atoms with Crippen LogP contribution >= 0.6 is 0 Å². The van der Waals surface area contributed by atoms with E-state index in [1.54, 1.807) is 24.4 Å². The fraction of sp³-hybridized carbons (Fsp3) is 0.368. The molecule has 0 bridgehead atoms. The van der Waals surface area contributed by atoms with Gasteiger partial charge in [-0.2, -0.15) is 0 Å². The molecule has 0 aliphatic heterocycles. The number of ether oxygens (including phenoxy) is 1. The Balaban J connectivity index is 2.14. The monoisotopic (exact) mass is 344 g/mol. The fourth-order valence-corrected chi connectivity index (χ4v) is 2.43. The SMILES string of the molecule is CCOc1ccc(NC(=O)[C@@](C)(O)Cn2ccc(C)cc2=O)c(C)c1. The van der Waals surface area contributed by atoms with Gasteiger partial charge in [0.2, 0.25) is 0 Å². The first kappa shape index (κ1) is 18.7. The van der Waals surface area contributed by atoms with Gasteiger partial charge in [0, 0.05) is 18.0 Å². The van der Waals surface area contributed by atoms with Crippen LogP contribution in [0.25, 0.3) is 0 Å². The Hall–Kier alpha value is -2.60. The van der Waals surface area contributed by atoms with E-state index in [9.17, 15) is 14.7 Å². The molecule has 25 heavy (non-hydrogen) atoms. The number of aromatic nitrogens is 1. The average molecular weight is 344 g/mol. The molecule has 2 aromatic rings. The second-order valence-corrected chi connectivity index (χ2v) is 6.31. The number of anilines is 1. The van der Waals surface area contributed by atoms with E-state index in [0.717, 1.165) is 16.9 Å². The van der Waals surface area contributed by atoms with Crippen molar-refractivity contribution in [2.75, 3.05) is 11.9 Å². The van der Waals surface area contributed by atoms with Crippen molar-refractivity contribution >= 4 is 11.6 Å². The smallest absolute Gasteiger partial charge is 0.257 e. The van der Waals surface area contributed by atoms with Crippen LogP contribution < -0.4 is 15.6 Å². The van der Waals surface area contributed by atoms with Gasteiger partial charge in [0.1, 0.15) is 5.75 Å². The standard InChI is InChI=1S/C19H24N2O4/c1-5-25-15-6-7-16(14(3)11-15)20-18(23)19(4,24)12-21-9-8-13(2)10-17(21)22/h6-11,24H,5,12H2,1-4H3,(H,20,23)/t19-/m0/s1. The van der Waals surface area contributed by atoms with Crippen molar-refractivity contribution in [2.24, 2.45) is 0 Å². The topological polar surface area (TPSA) is 80.6 Å². The highest BCUT2D eigenvalue weighted by Gasteiger charge is 2.31. The summed E-state index contributed by atoms with van der Waals surface area (Å²) in [6.07, 6.45) is 1.57. The van der Waals surface area contributed by atoms with Gasteiger partial charge in [-0.25, -0.2) is 0 Å². The van der Waals surface area contributed by atoms with E-state index in [2.05, 4.69) is 5.32 Å². The number of aryl methyl sites for hydroxylation is 2. The first-order valence-corrected chi connectivity index (χ1v) is 8.17. The molecule has 0 spiro atoms. The molecule has 0 saturated carbocycles. The Morgan fingerprint density at radius 1 is 1.28 bits per heavy atom. The Labute approximate surface area is 147 Å². The minimum atomic E-state index is -1.73. The van der Waals surface area contributed by atoms with Gasteiger partial charge in [0.05, 0.1) is 13.2 Å². The highest BCUT2D eigenvalue weighted by molar-refractivity contribution is 5.97. The van der Waals surface area contributed by atoms with Crippen molar-refractivity contribution < 1.29 is 14.6 Å². The second-order valence-electron chi connectivity index (χ2n) is 6.31. The summed E-state index contributed by atoms with van der Waals surface area (Å²) in [5, 5.41) is 13.2. The van der Waals surface area contributed by atoms with Crippen molar-refractivity contribution in [1.29, 1.82) is 0 Å². The quantitative estimate of drug-likeness (QED) is 0.842. The Morgan fingerprint density at radius 3 is 2.60 bits per heavy atom. The summed E-state index contributed by atoms with van der Waals surface area (Å²) in [6.45, 7) is 7.37. The maximum absolute atomic E-state index is 12.5. The van der Waals surface area contributed by atoms with Crippen LogP contribution in [0.4, 0.5) is 5.69 Å². The maximum Gasteiger partial charge on any atom is 0.257 e. The lowest BCUT2D eigenvalue weighted by molar-refractivity contribution is -0.133. The van der Waals surface area contributed by atoms with Gasteiger partial charge >= 0.3 is 0 Å². The van der Waals surface area contributed by atoms with Gasteiger partial charge in [-0.3, -0.25) is 9.59 Å². The molecular weight excluding hydrogens is 320 g/mol. The van der Waals surface area contributed by atoms with Gasteiger partial charge in [-0.1, -0.05) is 0 Å². The Morgan fingerprint density at radius 2 is 2.00 bits per heavy atom. The van der Waals surface area contributed by atoms with Crippen molar-refractivity contribution in [3.63, 3.8) is 0 Å². The molecule has 6 heteroatoms. The van der Waals surface area contributed by atoms with E-state index in [1.807, 2.05) is 26.8 Å². The maximum atomic E-state index is 12.5. The minimum absolute atomic E-state index is 0.131. The van der Waals surface area contributed by atoms with Crippen LogP contribution in [0.2, 0.25) is 0 Å². The summed E-state index contributed by atoms with van der Waals surface area (Å²) < 4.78 is 6.73. The van der Waals surface area contributed by atoms with E-state index >= 15 is 0 Å². The number of nitrogens with zero attached hydrogens (tertiary/aromatic N) is 1. The third-order valence-corrected chi connectivity index (χ3v) is 3.88. The summed E-state index contributed by atoms with van der Waals surface area (Å²) >= 11 is 0. The van der Waals surface area contributed by atoms with E-state index in [1.165, 1.54) is 17.6 Å². The van der Waals surface area contributed by atoms with Crippen molar-refractivity contribution in [1.82, 2.24) is 4.57 Å². The molecule has 2 rings (SSSR count). The van der Waals surface area contributed by atoms with Gasteiger partial charge in [0.15, 0.2) is 5.60 Å². The lowest BCUT2D eigenvalue weighted by Gasteiger charge is -2.24. The zero-order chi connectivity index (χ0) is 18.6. The summed E-state index contributed by atoms with van der Waals surface area (Å²) in [5.74, 6) is 0.142. The van der Waals surface area contributed by atoms with Crippen LogP contribution in [0.5, 0.6) is 5.75 Å². The first-order valence-electron chi connectivity index (χ1n) is 8.17. The number of pyridine rings is 1. The number of hydrogen-bond acceptors (Lipinski definition) is 4.